The quantitative estimate of drug-likeness (QED) is 0.831. The van der Waals surface area contributed by atoms with E-state index in [1.54, 1.807) is 16.8 Å². The Morgan fingerprint density at radius 2 is 2.26 bits per heavy atom. The van der Waals surface area contributed by atoms with Crippen LogP contribution in [0.3, 0.4) is 0 Å². The van der Waals surface area contributed by atoms with Crippen molar-refractivity contribution in [2.45, 2.75) is 32.2 Å². The van der Waals surface area contributed by atoms with Crippen molar-refractivity contribution in [3.63, 3.8) is 0 Å². The predicted molar refractivity (Wildman–Crippen MR) is 68.9 cm³/mol. The highest BCUT2D eigenvalue weighted by molar-refractivity contribution is 5.79. The summed E-state index contributed by atoms with van der Waals surface area (Å²) >= 11 is 0. The highest BCUT2D eigenvalue weighted by Crippen LogP contribution is 2.34. The first-order valence-electron chi connectivity index (χ1n) is 6.83. The number of rotatable bonds is 3. The van der Waals surface area contributed by atoms with Crippen LogP contribution in [0.15, 0.2) is 0 Å². The van der Waals surface area contributed by atoms with Crippen LogP contribution < -0.4 is 0 Å². The highest BCUT2D eigenvalue weighted by Gasteiger charge is 2.45. The van der Waals surface area contributed by atoms with Crippen molar-refractivity contribution in [1.82, 2.24) is 9.80 Å². The van der Waals surface area contributed by atoms with Gasteiger partial charge in [-0.3, -0.25) is 4.79 Å². The summed E-state index contributed by atoms with van der Waals surface area (Å²) in [7, 11) is 1.77. The zero-order valence-corrected chi connectivity index (χ0v) is 11.6. The third-order valence-electron chi connectivity index (χ3n) is 4.51. The van der Waals surface area contributed by atoms with Gasteiger partial charge < -0.3 is 19.6 Å². The van der Waals surface area contributed by atoms with Gasteiger partial charge in [0.25, 0.3) is 0 Å². The van der Waals surface area contributed by atoms with Crippen molar-refractivity contribution in [2.24, 2.45) is 5.41 Å². The van der Waals surface area contributed by atoms with Gasteiger partial charge in [-0.25, -0.2) is 4.79 Å². The standard InChI is InChI=1S/C13H22N2O4/c1-3-13(11(16)17)5-6-15(9-13)12(18)14(2)10-4-7-19-8-10/h10H,3-9H2,1-2H3,(H,16,17). The molecule has 2 rings (SSSR count). The summed E-state index contributed by atoms with van der Waals surface area (Å²) in [5.74, 6) is -0.794. The van der Waals surface area contributed by atoms with E-state index in [-0.39, 0.29) is 12.1 Å². The number of likely N-dealkylation sites (tertiary alicyclic amines) is 1. The summed E-state index contributed by atoms with van der Waals surface area (Å²) in [6.07, 6.45) is 1.95. The number of hydrogen-bond acceptors (Lipinski definition) is 3. The van der Waals surface area contributed by atoms with E-state index in [2.05, 4.69) is 0 Å². The minimum atomic E-state index is -0.794. The number of urea groups is 1. The van der Waals surface area contributed by atoms with Crippen molar-refractivity contribution in [3.05, 3.63) is 0 Å². The van der Waals surface area contributed by atoms with Crippen LogP contribution in [0.4, 0.5) is 4.79 Å². The van der Waals surface area contributed by atoms with E-state index in [0.717, 1.165) is 6.42 Å². The van der Waals surface area contributed by atoms with Gasteiger partial charge in [0, 0.05) is 26.7 Å². The minimum absolute atomic E-state index is 0.0768. The molecule has 0 bridgehead atoms. The second-order valence-corrected chi connectivity index (χ2v) is 5.52. The first-order chi connectivity index (χ1) is 9.00. The Bertz CT molecular complexity index is 368. The SMILES string of the molecule is CCC1(C(=O)O)CCN(C(=O)N(C)C2CCOC2)C1. The number of nitrogens with zero attached hydrogens (tertiary/aromatic N) is 2. The van der Waals surface area contributed by atoms with Gasteiger partial charge in [0.15, 0.2) is 0 Å². The Morgan fingerprint density at radius 3 is 2.74 bits per heavy atom. The molecule has 2 saturated heterocycles. The molecule has 0 aromatic rings. The van der Waals surface area contributed by atoms with Crippen molar-refractivity contribution in [1.29, 1.82) is 0 Å². The molecule has 19 heavy (non-hydrogen) atoms. The van der Waals surface area contributed by atoms with Gasteiger partial charge in [-0.05, 0) is 19.3 Å². The number of hydrogen-bond donors (Lipinski definition) is 1. The smallest absolute Gasteiger partial charge is 0.320 e. The second-order valence-electron chi connectivity index (χ2n) is 5.52. The van der Waals surface area contributed by atoms with E-state index in [1.165, 1.54) is 0 Å². The van der Waals surface area contributed by atoms with Crippen LogP contribution in [-0.2, 0) is 9.53 Å². The molecule has 0 aromatic carbocycles. The Morgan fingerprint density at radius 1 is 1.53 bits per heavy atom. The van der Waals surface area contributed by atoms with Crippen LogP contribution >= 0.6 is 0 Å². The van der Waals surface area contributed by atoms with E-state index in [4.69, 9.17) is 4.74 Å². The second kappa shape index (κ2) is 5.36. The van der Waals surface area contributed by atoms with Gasteiger partial charge in [0.2, 0.25) is 0 Å². The van der Waals surface area contributed by atoms with Gasteiger partial charge in [-0.2, -0.15) is 0 Å². The lowest BCUT2D eigenvalue weighted by Gasteiger charge is -2.29. The third kappa shape index (κ3) is 2.54. The average Bonchev–Trinajstić information content (AvgIpc) is 3.06. The molecule has 2 fully saturated rings. The fraction of sp³-hybridized carbons (Fsp3) is 0.846. The molecule has 2 heterocycles. The van der Waals surface area contributed by atoms with Crippen LogP contribution in [0.25, 0.3) is 0 Å². The molecule has 2 aliphatic rings. The molecule has 0 radical (unpaired) electrons. The average molecular weight is 270 g/mol. The molecule has 1 N–H and O–H groups in total. The molecule has 6 nitrogen and oxygen atoms in total. The van der Waals surface area contributed by atoms with Crippen LogP contribution in [-0.4, -0.2) is 66.3 Å². The van der Waals surface area contributed by atoms with E-state index in [9.17, 15) is 14.7 Å². The van der Waals surface area contributed by atoms with Crippen LogP contribution in [0.5, 0.6) is 0 Å². The summed E-state index contributed by atoms with van der Waals surface area (Å²) in [5.41, 5.74) is -0.761. The number of carbonyl (C=O) groups excluding carboxylic acids is 1. The molecular weight excluding hydrogens is 248 g/mol. The number of carboxylic acids is 1. The number of amides is 2. The van der Waals surface area contributed by atoms with E-state index in [0.29, 0.717) is 39.1 Å². The molecule has 0 aromatic heterocycles. The zero-order chi connectivity index (χ0) is 14.0. The molecule has 2 unspecified atom stereocenters. The van der Waals surface area contributed by atoms with E-state index >= 15 is 0 Å². The molecule has 2 atom stereocenters. The summed E-state index contributed by atoms with van der Waals surface area (Å²) < 4.78 is 5.28. The Balaban J connectivity index is 1.99. The van der Waals surface area contributed by atoms with Crippen molar-refractivity contribution in [3.8, 4) is 0 Å². The molecule has 0 aliphatic carbocycles. The maximum atomic E-state index is 12.4. The minimum Gasteiger partial charge on any atom is -0.481 e. The Kier molecular flexibility index (Phi) is 3.99. The molecule has 0 saturated carbocycles. The predicted octanol–water partition coefficient (Wildman–Crippen LogP) is 1.01. The van der Waals surface area contributed by atoms with Gasteiger partial charge in [0.1, 0.15) is 0 Å². The van der Waals surface area contributed by atoms with Gasteiger partial charge >= 0.3 is 12.0 Å². The van der Waals surface area contributed by atoms with E-state index < -0.39 is 11.4 Å². The first-order valence-corrected chi connectivity index (χ1v) is 6.83. The summed E-state index contributed by atoms with van der Waals surface area (Å²) in [6, 6.07) is 0.0426. The number of likely N-dealkylation sites (N-methyl/N-ethyl adjacent to an activating group) is 1. The third-order valence-corrected chi connectivity index (χ3v) is 4.51. The molecule has 2 aliphatic heterocycles. The van der Waals surface area contributed by atoms with Crippen LogP contribution in [0, 0.1) is 5.41 Å². The zero-order valence-electron chi connectivity index (χ0n) is 11.6. The number of aliphatic carboxylic acids is 1. The molecule has 6 heteroatoms. The summed E-state index contributed by atoms with van der Waals surface area (Å²) in [4.78, 5) is 27.1. The lowest BCUT2D eigenvalue weighted by atomic mass is 9.84. The lowest BCUT2D eigenvalue weighted by Crippen LogP contribution is -2.46. The lowest BCUT2D eigenvalue weighted by molar-refractivity contribution is -0.148. The van der Waals surface area contributed by atoms with Crippen LogP contribution in [0.1, 0.15) is 26.2 Å². The maximum Gasteiger partial charge on any atom is 0.320 e. The van der Waals surface area contributed by atoms with Crippen molar-refractivity contribution >= 4 is 12.0 Å². The number of carbonyl (C=O) groups is 2. The van der Waals surface area contributed by atoms with Gasteiger partial charge in [-0.15, -0.1) is 0 Å². The number of carboxylic acid groups (broad SMARTS) is 1. The Labute approximate surface area is 113 Å². The van der Waals surface area contributed by atoms with Crippen LogP contribution in [0.2, 0.25) is 0 Å². The molecule has 108 valence electrons. The number of ether oxygens (including phenoxy) is 1. The summed E-state index contributed by atoms with van der Waals surface area (Å²) in [5, 5.41) is 9.34. The fourth-order valence-electron chi connectivity index (χ4n) is 2.86. The molecule has 2 amide bonds. The normalized spacial score (nSPS) is 30.6. The Hall–Kier alpha value is -1.30. The fourth-order valence-corrected chi connectivity index (χ4v) is 2.86. The first kappa shape index (κ1) is 14.1. The van der Waals surface area contributed by atoms with E-state index in [1.807, 2.05) is 6.92 Å². The molecule has 0 spiro atoms. The van der Waals surface area contributed by atoms with Gasteiger partial charge in [0.05, 0.1) is 18.1 Å². The molecular formula is C13H22N2O4. The monoisotopic (exact) mass is 270 g/mol. The maximum absolute atomic E-state index is 12.4. The van der Waals surface area contributed by atoms with Crippen molar-refractivity contribution < 1.29 is 19.4 Å². The topological polar surface area (TPSA) is 70.1 Å². The van der Waals surface area contributed by atoms with Crippen molar-refractivity contribution in [2.75, 3.05) is 33.4 Å². The largest absolute Gasteiger partial charge is 0.481 e. The highest BCUT2D eigenvalue weighted by atomic mass is 16.5. The summed E-state index contributed by atoms with van der Waals surface area (Å²) in [6.45, 7) is 3.98. The van der Waals surface area contributed by atoms with Gasteiger partial charge in [-0.1, -0.05) is 6.92 Å².